The molecule has 0 radical (unpaired) electrons. The number of hydrogen-bond donors (Lipinski definition) is 2. The topological polar surface area (TPSA) is 53.6 Å². The van der Waals surface area contributed by atoms with Gasteiger partial charge in [-0.15, -0.1) is 10.2 Å². The molecule has 2 aromatic rings. The molecule has 1 aliphatic rings. The lowest BCUT2D eigenvalue weighted by atomic mass is 10.1. The Hall–Kier alpha value is -1.68. The van der Waals surface area contributed by atoms with Gasteiger partial charge in [-0.05, 0) is 13.0 Å². The van der Waals surface area contributed by atoms with Gasteiger partial charge in [-0.25, -0.2) is 0 Å². The molecule has 1 aromatic heterocycles. The summed E-state index contributed by atoms with van der Waals surface area (Å²) in [7, 11) is 0. The Balaban J connectivity index is 1.87. The van der Waals surface area contributed by atoms with Crippen molar-refractivity contribution in [3.05, 3.63) is 36.2 Å². The van der Waals surface area contributed by atoms with E-state index in [-0.39, 0.29) is 0 Å². The van der Waals surface area contributed by atoms with E-state index >= 15 is 0 Å². The van der Waals surface area contributed by atoms with Crippen LogP contribution in [-0.4, -0.2) is 28.3 Å². The average molecular weight is 214 g/mol. The summed E-state index contributed by atoms with van der Waals surface area (Å²) in [5.74, 6) is 2.36. The van der Waals surface area contributed by atoms with Crippen LogP contribution in [0.4, 0.5) is 0 Å². The van der Waals surface area contributed by atoms with E-state index in [1.165, 1.54) is 0 Å². The Bertz CT molecular complexity index is 457. The zero-order chi connectivity index (χ0) is 10.8. The van der Waals surface area contributed by atoms with Crippen molar-refractivity contribution in [3.63, 3.8) is 0 Å². The molecule has 0 amide bonds. The van der Waals surface area contributed by atoms with Gasteiger partial charge in [-0.3, -0.25) is 0 Å². The number of hydrogen-bond acceptors (Lipinski definition) is 3. The zero-order valence-electron chi connectivity index (χ0n) is 8.98. The van der Waals surface area contributed by atoms with Gasteiger partial charge in [-0.2, -0.15) is 0 Å². The number of nitrogens with one attached hydrogen (secondary N) is 2. The van der Waals surface area contributed by atoms with Gasteiger partial charge in [0.05, 0.1) is 0 Å². The highest BCUT2D eigenvalue weighted by atomic mass is 15.2. The normalized spacial score (nSPS) is 20.1. The molecule has 1 saturated heterocycles. The van der Waals surface area contributed by atoms with E-state index in [1.54, 1.807) is 0 Å². The molecule has 3 rings (SSSR count). The van der Waals surface area contributed by atoms with Gasteiger partial charge in [0.25, 0.3) is 0 Å². The monoisotopic (exact) mass is 214 g/mol. The van der Waals surface area contributed by atoms with E-state index in [9.17, 15) is 0 Å². The molecular weight excluding hydrogens is 200 g/mol. The van der Waals surface area contributed by atoms with Crippen LogP contribution in [0.15, 0.2) is 30.3 Å². The first-order valence-corrected chi connectivity index (χ1v) is 5.62. The number of H-pyrrole nitrogens is 1. The summed E-state index contributed by atoms with van der Waals surface area (Å²) in [6.07, 6.45) is 1.14. The maximum Gasteiger partial charge on any atom is 0.161 e. The van der Waals surface area contributed by atoms with Crippen LogP contribution in [0.3, 0.4) is 0 Å². The number of aromatic nitrogens is 3. The van der Waals surface area contributed by atoms with Crippen molar-refractivity contribution >= 4 is 0 Å². The Kier molecular flexibility index (Phi) is 2.42. The lowest BCUT2D eigenvalue weighted by Crippen LogP contribution is -2.08. The van der Waals surface area contributed by atoms with Crippen LogP contribution in [-0.2, 0) is 0 Å². The van der Waals surface area contributed by atoms with E-state index in [4.69, 9.17) is 0 Å². The van der Waals surface area contributed by atoms with E-state index in [0.717, 1.165) is 36.7 Å². The molecule has 4 nitrogen and oxygen atoms in total. The van der Waals surface area contributed by atoms with E-state index < -0.39 is 0 Å². The van der Waals surface area contributed by atoms with Crippen molar-refractivity contribution < 1.29 is 0 Å². The Morgan fingerprint density at radius 3 is 2.75 bits per heavy atom. The summed E-state index contributed by atoms with van der Waals surface area (Å²) < 4.78 is 0. The van der Waals surface area contributed by atoms with Crippen molar-refractivity contribution in [1.29, 1.82) is 0 Å². The third-order valence-electron chi connectivity index (χ3n) is 3.00. The van der Waals surface area contributed by atoms with E-state index in [1.807, 2.05) is 30.3 Å². The molecule has 2 N–H and O–H groups in total. The molecule has 1 unspecified atom stereocenters. The van der Waals surface area contributed by atoms with Crippen LogP contribution in [0.5, 0.6) is 0 Å². The van der Waals surface area contributed by atoms with Gasteiger partial charge >= 0.3 is 0 Å². The Labute approximate surface area is 94.1 Å². The molecule has 0 saturated carbocycles. The molecule has 0 aliphatic carbocycles. The molecule has 0 bridgehead atoms. The first-order valence-electron chi connectivity index (χ1n) is 5.62. The summed E-state index contributed by atoms with van der Waals surface area (Å²) in [4.78, 5) is 3.31. The van der Waals surface area contributed by atoms with Crippen LogP contribution in [0.1, 0.15) is 18.2 Å². The fourth-order valence-corrected chi connectivity index (χ4v) is 2.07. The second kappa shape index (κ2) is 4.06. The van der Waals surface area contributed by atoms with Crippen LogP contribution in [0, 0.1) is 0 Å². The van der Waals surface area contributed by atoms with Crippen LogP contribution < -0.4 is 5.32 Å². The second-order valence-corrected chi connectivity index (χ2v) is 4.11. The highest BCUT2D eigenvalue weighted by Crippen LogP contribution is 2.21. The molecule has 4 heteroatoms. The minimum Gasteiger partial charge on any atom is -0.325 e. The molecule has 1 aliphatic heterocycles. The lowest BCUT2D eigenvalue weighted by molar-refractivity contribution is 0.706. The maximum absolute atomic E-state index is 4.23. The van der Waals surface area contributed by atoms with Crippen LogP contribution >= 0.6 is 0 Å². The van der Waals surface area contributed by atoms with Gasteiger partial charge in [0.2, 0.25) is 0 Å². The SMILES string of the molecule is c1ccc(-c2nnc(C3CCNC3)[nH]2)cc1. The van der Waals surface area contributed by atoms with Crippen molar-refractivity contribution in [2.75, 3.05) is 13.1 Å². The highest BCUT2D eigenvalue weighted by Gasteiger charge is 2.20. The first-order chi connectivity index (χ1) is 7.93. The smallest absolute Gasteiger partial charge is 0.161 e. The van der Waals surface area contributed by atoms with Crippen LogP contribution in [0.25, 0.3) is 11.4 Å². The minimum absolute atomic E-state index is 0.491. The molecule has 1 fully saturated rings. The standard InChI is InChI=1S/C12H14N4/c1-2-4-9(5-3-1)11-14-12(16-15-11)10-6-7-13-8-10/h1-5,10,13H,6-8H2,(H,14,15,16). The largest absolute Gasteiger partial charge is 0.325 e. The second-order valence-electron chi connectivity index (χ2n) is 4.11. The summed E-state index contributed by atoms with van der Waals surface area (Å²) in [6.45, 7) is 2.08. The summed E-state index contributed by atoms with van der Waals surface area (Å²) in [5, 5.41) is 11.8. The zero-order valence-corrected chi connectivity index (χ0v) is 8.98. The Morgan fingerprint density at radius 2 is 2.00 bits per heavy atom. The molecular formula is C12H14N4. The number of nitrogens with zero attached hydrogens (tertiary/aromatic N) is 2. The summed E-state index contributed by atoms with van der Waals surface area (Å²) in [6, 6.07) is 10.1. The molecule has 1 aromatic carbocycles. The first kappa shape index (κ1) is 9.54. The Morgan fingerprint density at radius 1 is 1.12 bits per heavy atom. The average Bonchev–Trinajstić information content (AvgIpc) is 3.01. The van der Waals surface area contributed by atoms with Crippen molar-refractivity contribution in [2.24, 2.45) is 0 Å². The van der Waals surface area contributed by atoms with E-state index in [2.05, 4.69) is 20.5 Å². The number of rotatable bonds is 2. The predicted molar refractivity (Wildman–Crippen MR) is 62.0 cm³/mol. The van der Waals surface area contributed by atoms with Crippen molar-refractivity contribution in [3.8, 4) is 11.4 Å². The molecule has 82 valence electrons. The third-order valence-corrected chi connectivity index (χ3v) is 3.00. The maximum atomic E-state index is 4.23. The van der Waals surface area contributed by atoms with Gasteiger partial charge in [0.1, 0.15) is 5.82 Å². The highest BCUT2D eigenvalue weighted by molar-refractivity contribution is 5.53. The van der Waals surface area contributed by atoms with Gasteiger partial charge in [-0.1, -0.05) is 30.3 Å². The minimum atomic E-state index is 0.491. The third kappa shape index (κ3) is 1.72. The molecule has 1 atom stereocenters. The quantitative estimate of drug-likeness (QED) is 0.797. The fraction of sp³-hybridized carbons (Fsp3) is 0.333. The number of benzene rings is 1. The van der Waals surface area contributed by atoms with Gasteiger partial charge in [0.15, 0.2) is 5.82 Å². The molecule has 16 heavy (non-hydrogen) atoms. The summed E-state index contributed by atoms with van der Waals surface area (Å²) >= 11 is 0. The predicted octanol–water partition coefficient (Wildman–Crippen LogP) is 1.55. The number of aromatic amines is 1. The van der Waals surface area contributed by atoms with Crippen LogP contribution in [0.2, 0.25) is 0 Å². The van der Waals surface area contributed by atoms with Crippen molar-refractivity contribution in [2.45, 2.75) is 12.3 Å². The van der Waals surface area contributed by atoms with E-state index in [0.29, 0.717) is 5.92 Å². The van der Waals surface area contributed by atoms with Gasteiger partial charge in [0, 0.05) is 18.0 Å². The van der Waals surface area contributed by atoms with Crippen molar-refractivity contribution in [1.82, 2.24) is 20.5 Å². The molecule has 2 heterocycles. The summed E-state index contributed by atoms with van der Waals surface area (Å²) in [5.41, 5.74) is 1.09. The van der Waals surface area contributed by atoms with Gasteiger partial charge < -0.3 is 10.3 Å². The fourth-order valence-electron chi connectivity index (χ4n) is 2.07. The lowest BCUT2D eigenvalue weighted by Gasteiger charge is -2.01. The molecule has 0 spiro atoms.